The number of H-pyrrole nitrogens is 1. The summed E-state index contributed by atoms with van der Waals surface area (Å²) in [4.78, 5) is 11.5. The molecule has 0 unspecified atom stereocenters. The molecule has 3 aromatic heterocycles. The molecule has 1 fully saturated rings. The molecule has 0 amide bonds. The van der Waals surface area contributed by atoms with Crippen LogP contribution in [0.4, 0.5) is 0 Å². The van der Waals surface area contributed by atoms with Crippen molar-refractivity contribution in [1.29, 1.82) is 5.26 Å². The highest BCUT2D eigenvalue weighted by Crippen LogP contribution is 2.35. The van der Waals surface area contributed by atoms with E-state index in [2.05, 4.69) is 26.1 Å². The maximum absolute atomic E-state index is 12.3. The van der Waals surface area contributed by atoms with Crippen molar-refractivity contribution in [2.45, 2.75) is 18.8 Å². The monoisotopic (exact) mass is 374 g/mol. The SMILES string of the molecule is [2H]C([2H])([2H])CS(=O)(=O)N1CC(CC#N)(n2cc(-c3ncnc4[nH]ccc34)cn2)C1. The molecule has 0 radical (unpaired) electrons. The van der Waals surface area contributed by atoms with Crippen molar-refractivity contribution >= 4 is 21.1 Å². The van der Waals surface area contributed by atoms with E-state index >= 15 is 0 Å². The summed E-state index contributed by atoms with van der Waals surface area (Å²) in [7, 11) is -3.95. The van der Waals surface area contributed by atoms with Gasteiger partial charge in [0.2, 0.25) is 10.0 Å². The fraction of sp³-hybridized carbons (Fsp3) is 0.375. The Morgan fingerprint density at radius 3 is 3.08 bits per heavy atom. The molecule has 0 aromatic carbocycles. The van der Waals surface area contributed by atoms with E-state index in [0.29, 0.717) is 16.9 Å². The third kappa shape index (κ3) is 2.48. The van der Waals surface area contributed by atoms with Gasteiger partial charge in [-0.25, -0.2) is 18.4 Å². The molecular formula is C16H17N7O2S. The van der Waals surface area contributed by atoms with Crippen LogP contribution in [0.15, 0.2) is 31.0 Å². The summed E-state index contributed by atoms with van der Waals surface area (Å²) in [5.74, 6) is -0.931. The van der Waals surface area contributed by atoms with E-state index in [9.17, 15) is 13.7 Å². The van der Waals surface area contributed by atoms with Gasteiger partial charge >= 0.3 is 0 Å². The molecule has 0 spiro atoms. The molecule has 0 bridgehead atoms. The average Bonchev–Trinajstić information content (AvgIpc) is 3.24. The molecule has 134 valence electrons. The number of hydrogen-bond acceptors (Lipinski definition) is 6. The molecule has 1 aliphatic rings. The zero-order chi connectivity index (χ0) is 20.9. The van der Waals surface area contributed by atoms with Crippen LogP contribution in [0.1, 0.15) is 17.4 Å². The number of rotatable bonds is 5. The molecule has 26 heavy (non-hydrogen) atoms. The number of nitriles is 1. The molecule has 1 aliphatic heterocycles. The van der Waals surface area contributed by atoms with E-state index in [-0.39, 0.29) is 19.5 Å². The normalized spacial score (nSPS) is 19.3. The summed E-state index contributed by atoms with van der Waals surface area (Å²) >= 11 is 0. The van der Waals surface area contributed by atoms with Crippen molar-refractivity contribution < 1.29 is 12.5 Å². The first-order chi connectivity index (χ1) is 13.6. The fourth-order valence-electron chi connectivity index (χ4n) is 3.19. The Morgan fingerprint density at radius 2 is 2.31 bits per heavy atom. The lowest BCUT2D eigenvalue weighted by molar-refractivity contribution is 0.0719. The van der Waals surface area contributed by atoms with Crippen LogP contribution in [-0.2, 0) is 15.6 Å². The number of hydrogen-bond donors (Lipinski definition) is 1. The maximum atomic E-state index is 12.3. The van der Waals surface area contributed by atoms with Crippen molar-refractivity contribution in [3.63, 3.8) is 0 Å². The zero-order valence-corrected chi connectivity index (χ0v) is 14.4. The first-order valence-electron chi connectivity index (χ1n) is 9.32. The van der Waals surface area contributed by atoms with Crippen LogP contribution >= 0.6 is 0 Å². The van der Waals surface area contributed by atoms with Crippen LogP contribution in [0.5, 0.6) is 0 Å². The van der Waals surface area contributed by atoms with Crippen LogP contribution in [0.2, 0.25) is 0 Å². The van der Waals surface area contributed by atoms with Gasteiger partial charge in [0.25, 0.3) is 0 Å². The van der Waals surface area contributed by atoms with Gasteiger partial charge in [-0.3, -0.25) is 4.68 Å². The Bertz CT molecular complexity index is 1200. The molecule has 9 nitrogen and oxygen atoms in total. The maximum Gasteiger partial charge on any atom is 0.213 e. The Labute approximate surface area is 154 Å². The lowest BCUT2D eigenvalue weighted by atomic mass is 9.89. The van der Waals surface area contributed by atoms with E-state index in [0.717, 1.165) is 9.69 Å². The van der Waals surface area contributed by atoms with Crippen molar-refractivity contribution in [2.24, 2.45) is 0 Å². The molecule has 1 N–H and O–H groups in total. The largest absolute Gasteiger partial charge is 0.346 e. The first kappa shape index (κ1) is 13.4. The minimum atomic E-state index is -3.95. The van der Waals surface area contributed by atoms with Crippen molar-refractivity contribution in [3.05, 3.63) is 31.0 Å². The summed E-state index contributed by atoms with van der Waals surface area (Å²) in [6.07, 6.45) is 6.55. The van der Waals surface area contributed by atoms with Gasteiger partial charge in [-0.05, 0) is 12.9 Å². The first-order valence-corrected chi connectivity index (χ1v) is 9.43. The quantitative estimate of drug-likeness (QED) is 0.714. The van der Waals surface area contributed by atoms with Gasteiger partial charge in [-0.2, -0.15) is 14.7 Å². The average molecular weight is 374 g/mol. The van der Waals surface area contributed by atoms with E-state index in [4.69, 9.17) is 4.11 Å². The van der Waals surface area contributed by atoms with E-state index in [1.165, 1.54) is 6.33 Å². The zero-order valence-electron chi connectivity index (χ0n) is 16.6. The number of fused-ring (bicyclic) bond motifs is 1. The standard InChI is InChI=1S/C16H17N7O2S/c1-2-26(24,25)22-9-16(10-22,4-5-17)23-8-12(7-21-23)14-13-3-6-18-15(13)20-11-19-14/h3,6-8,11H,2,4,9-10H2,1H3,(H,18,19,20)/i1D3. The van der Waals surface area contributed by atoms with Gasteiger partial charge in [0, 0.05) is 40.5 Å². The Hall–Kier alpha value is -2.77. The number of aromatic nitrogens is 5. The second-order valence-electron chi connectivity index (χ2n) is 6.22. The minimum Gasteiger partial charge on any atom is -0.346 e. The van der Waals surface area contributed by atoms with Gasteiger partial charge in [-0.1, -0.05) is 0 Å². The van der Waals surface area contributed by atoms with Gasteiger partial charge < -0.3 is 4.98 Å². The molecule has 0 saturated carbocycles. The molecular weight excluding hydrogens is 354 g/mol. The molecule has 10 heteroatoms. The highest BCUT2D eigenvalue weighted by Gasteiger charge is 2.49. The van der Waals surface area contributed by atoms with Crippen molar-refractivity contribution in [1.82, 2.24) is 29.0 Å². The number of aromatic amines is 1. The summed E-state index contributed by atoms with van der Waals surface area (Å²) in [5, 5.41) is 14.4. The van der Waals surface area contributed by atoms with Gasteiger partial charge in [0.15, 0.2) is 0 Å². The number of nitrogens with one attached hydrogen (secondary N) is 1. The third-order valence-corrected chi connectivity index (χ3v) is 6.03. The van der Waals surface area contributed by atoms with Gasteiger partial charge in [0.05, 0.1) is 30.1 Å². The van der Waals surface area contributed by atoms with Crippen LogP contribution < -0.4 is 0 Å². The summed E-state index contributed by atoms with van der Waals surface area (Å²) in [6, 6.07) is 3.93. The van der Waals surface area contributed by atoms with Crippen LogP contribution in [0.3, 0.4) is 0 Å². The third-order valence-electron chi connectivity index (χ3n) is 4.62. The topological polar surface area (TPSA) is 121 Å². The molecule has 0 aliphatic carbocycles. The van der Waals surface area contributed by atoms with Crippen LogP contribution in [0.25, 0.3) is 22.3 Å². The van der Waals surface area contributed by atoms with Gasteiger partial charge in [-0.15, -0.1) is 0 Å². The summed E-state index contributed by atoms with van der Waals surface area (Å²) < 4.78 is 49.0. The smallest absolute Gasteiger partial charge is 0.213 e. The number of sulfonamides is 1. The lowest BCUT2D eigenvalue weighted by Crippen LogP contribution is -2.64. The fourth-order valence-corrected chi connectivity index (χ4v) is 4.25. The Balaban J connectivity index is 1.62. The number of nitrogens with zero attached hydrogens (tertiary/aromatic N) is 6. The molecule has 3 aromatic rings. The van der Waals surface area contributed by atoms with E-state index in [1.807, 2.05) is 6.07 Å². The Kier molecular flexibility index (Phi) is 3.05. The second-order valence-corrected chi connectivity index (χ2v) is 8.19. The molecule has 4 heterocycles. The minimum absolute atomic E-state index is 0.0105. The van der Waals surface area contributed by atoms with E-state index in [1.54, 1.807) is 23.3 Å². The molecule has 1 saturated heterocycles. The predicted octanol–water partition coefficient (Wildman–Crippen LogP) is 1.10. The molecule has 0 atom stereocenters. The van der Waals surface area contributed by atoms with Crippen molar-refractivity contribution in [3.8, 4) is 17.3 Å². The Morgan fingerprint density at radius 1 is 1.46 bits per heavy atom. The lowest BCUT2D eigenvalue weighted by Gasteiger charge is -2.47. The van der Waals surface area contributed by atoms with Crippen molar-refractivity contribution in [2.75, 3.05) is 18.8 Å². The summed E-state index contributed by atoms with van der Waals surface area (Å²) in [5.41, 5.74) is 1.21. The van der Waals surface area contributed by atoms with E-state index < -0.39 is 28.2 Å². The van der Waals surface area contributed by atoms with Crippen LogP contribution in [0, 0.1) is 11.3 Å². The highest BCUT2D eigenvalue weighted by molar-refractivity contribution is 7.89. The molecule has 4 rings (SSSR count). The summed E-state index contributed by atoms with van der Waals surface area (Å²) in [6.45, 7) is -2.60. The highest BCUT2D eigenvalue weighted by atomic mass is 32.2. The second kappa shape index (κ2) is 5.89. The predicted molar refractivity (Wildman–Crippen MR) is 94.3 cm³/mol. The van der Waals surface area contributed by atoms with Crippen LogP contribution in [-0.4, -0.2) is 56.3 Å². The van der Waals surface area contributed by atoms with Gasteiger partial charge in [0.1, 0.15) is 17.5 Å².